The molecule has 1 aromatic rings. The van der Waals surface area contributed by atoms with Crippen LogP contribution in [0.1, 0.15) is 19.3 Å². The number of nitro benzene ring substituents is 1. The molecule has 98 valence electrons. The minimum absolute atomic E-state index is 0.175. The average Bonchev–Trinajstić information content (AvgIpc) is 2.76. The molecule has 0 aromatic heterocycles. The molecule has 6 heteroatoms. The van der Waals surface area contributed by atoms with Crippen LogP contribution in [0.4, 0.5) is 11.4 Å². The fourth-order valence-corrected chi connectivity index (χ4v) is 3.98. The van der Waals surface area contributed by atoms with Crippen molar-refractivity contribution in [3.63, 3.8) is 0 Å². The van der Waals surface area contributed by atoms with Gasteiger partial charge >= 0.3 is 0 Å². The maximum atomic E-state index is 10.8. The lowest BCUT2D eigenvalue weighted by atomic mass is 10.2. The van der Waals surface area contributed by atoms with E-state index in [9.17, 15) is 10.1 Å². The molecule has 0 amide bonds. The van der Waals surface area contributed by atoms with Gasteiger partial charge in [0.2, 0.25) is 0 Å². The monoisotopic (exact) mass is 378 g/mol. The zero-order chi connectivity index (χ0) is 13.1. The summed E-state index contributed by atoms with van der Waals surface area (Å²) >= 11 is 3.91. The zero-order valence-electron chi connectivity index (χ0n) is 10.1. The van der Waals surface area contributed by atoms with Crippen LogP contribution in [0, 0.1) is 13.7 Å². The highest BCUT2D eigenvalue weighted by atomic mass is 127. The van der Waals surface area contributed by atoms with Crippen LogP contribution in [0.25, 0.3) is 0 Å². The van der Waals surface area contributed by atoms with Crippen molar-refractivity contribution in [1.29, 1.82) is 0 Å². The van der Waals surface area contributed by atoms with Crippen LogP contribution in [-0.4, -0.2) is 22.5 Å². The van der Waals surface area contributed by atoms with Crippen LogP contribution in [0.3, 0.4) is 0 Å². The molecule has 1 aliphatic carbocycles. The predicted octanol–water partition coefficient (Wildman–Crippen LogP) is 3.90. The van der Waals surface area contributed by atoms with Gasteiger partial charge in [-0.1, -0.05) is 6.42 Å². The summed E-state index contributed by atoms with van der Waals surface area (Å²) in [7, 11) is 0. The smallest absolute Gasteiger partial charge is 0.282 e. The van der Waals surface area contributed by atoms with Crippen molar-refractivity contribution in [3.8, 4) is 0 Å². The second-order valence-corrected chi connectivity index (χ2v) is 6.62. The molecule has 1 saturated carbocycles. The summed E-state index contributed by atoms with van der Waals surface area (Å²) in [6.07, 6.45) is 5.83. The molecule has 0 saturated heterocycles. The molecule has 18 heavy (non-hydrogen) atoms. The van der Waals surface area contributed by atoms with Crippen molar-refractivity contribution in [1.82, 2.24) is 0 Å². The lowest BCUT2D eigenvalue weighted by Crippen LogP contribution is -2.25. The fraction of sp³-hybridized carbons (Fsp3) is 0.500. The standard InChI is InChI=1S/C12H15IN2O2S/c1-18-12-4-2-3-10(12)14-8-5-6-11(15(16)17)9(13)7-8/h5-7,10,12,14H,2-4H2,1H3. The number of hydrogen-bond acceptors (Lipinski definition) is 4. The Labute approximate surface area is 124 Å². The average molecular weight is 378 g/mol. The predicted molar refractivity (Wildman–Crippen MR) is 84.4 cm³/mol. The van der Waals surface area contributed by atoms with E-state index in [-0.39, 0.29) is 10.6 Å². The van der Waals surface area contributed by atoms with Crippen LogP contribution < -0.4 is 5.32 Å². The molecule has 1 aromatic carbocycles. The highest BCUT2D eigenvalue weighted by Gasteiger charge is 2.26. The van der Waals surface area contributed by atoms with Crippen molar-refractivity contribution in [2.24, 2.45) is 0 Å². The van der Waals surface area contributed by atoms with E-state index in [1.54, 1.807) is 12.1 Å². The van der Waals surface area contributed by atoms with Gasteiger partial charge in [-0.2, -0.15) is 11.8 Å². The van der Waals surface area contributed by atoms with Gasteiger partial charge in [-0.05, 0) is 53.8 Å². The van der Waals surface area contributed by atoms with Crippen LogP contribution >= 0.6 is 34.4 Å². The highest BCUT2D eigenvalue weighted by Crippen LogP contribution is 2.32. The molecule has 0 spiro atoms. The van der Waals surface area contributed by atoms with E-state index in [4.69, 9.17) is 0 Å². The maximum absolute atomic E-state index is 10.8. The van der Waals surface area contributed by atoms with E-state index in [2.05, 4.69) is 11.6 Å². The molecular formula is C12H15IN2O2S. The van der Waals surface area contributed by atoms with Crippen molar-refractivity contribution in [2.75, 3.05) is 11.6 Å². The number of halogens is 1. The summed E-state index contributed by atoms with van der Waals surface area (Å²) in [6, 6.07) is 5.72. The van der Waals surface area contributed by atoms with Crippen LogP contribution in [0.2, 0.25) is 0 Å². The molecule has 2 atom stereocenters. The number of anilines is 1. The van der Waals surface area contributed by atoms with Gasteiger partial charge < -0.3 is 5.32 Å². The van der Waals surface area contributed by atoms with Crippen molar-refractivity contribution >= 4 is 45.7 Å². The second kappa shape index (κ2) is 6.10. The molecular weight excluding hydrogens is 363 g/mol. The van der Waals surface area contributed by atoms with Crippen molar-refractivity contribution in [2.45, 2.75) is 30.6 Å². The van der Waals surface area contributed by atoms with Crippen LogP contribution in [0.15, 0.2) is 18.2 Å². The number of nitrogens with zero attached hydrogens (tertiary/aromatic N) is 1. The molecule has 2 unspecified atom stereocenters. The maximum Gasteiger partial charge on any atom is 0.282 e. The Kier molecular flexibility index (Phi) is 4.71. The highest BCUT2D eigenvalue weighted by molar-refractivity contribution is 14.1. The third-order valence-corrected chi connectivity index (χ3v) is 5.29. The van der Waals surface area contributed by atoms with E-state index in [0.29, 0.717) is 14.9 Å². The van der Waals surface area contributed by atoms with E-state index >= 15 is 0 Å². The lowest BCUT2D eigenvalue weighted by molar-refractivity contribution is -0.385. The molecule has 1 fully saturated rings. The molecule has 0 bridgehead atoms. The minimum atomic E-state index is -0.341. The molecule has 0 radical (unpaired) electrons. The molecule has 1 N–H and O–H groups in total. The number of hydrogen-bond donors (Lipinski definition) is 1. The summed E-state index contributed by atoms with van der Waals surface area (Å²) in [4.78, 5) is 10.4. The van der Waals surface area contributed by atoms with Crippen LogP contribution in [0.5, 0.6) is 0 Å². The van der Waals surface area contributed by atoms with Gasteiger partial charge in [-0.15, -0.1) is 0 Å². The Balaban J connectivity index is 2.10. The molecule has 2 rings (SSSR count). The second-order valence-electron chi connectivity index (χ2n) is 4.38. The largest absolute Gasteiger partial charge is 0.381 e. The van der Waals surface area contributed by atoms with Gasteiger partial charge in [-0.25, -0.2) is 0 Å². The third-order valence-electron chi connectivity index (χ3n) is 3.25. The van der Waals surface area contributed by atoms with Gasteiger partial charge in [0.25, 0.3) is 5.69 Å². The SMILES string of the molecule is CSC1CCCC1Nc1ccc([N+](=O)[O-])c(I)c1. The van der Waals surface area contributed by atoms with Crippen LogP contribution in [-0.2, 0) is 0 Å². The van der Waals surface area contributed by atoms with Gasteiger partial charge in [-0.3, -0.25) is 10.1 Å². The van der Waals surface area contributed by atoms with Gasteiger partial charge in [0.05, 0.1) is 8.49 Å². The first kappa shape index (κ1) is 13.9. The number of rotatable bonds is 4. The Morgan fingerprint density at radius 3 is 2.89 bits per heavy atom. The number of thioether (sulfide) groups is 1. The van der Waals surface area contributed by atoms with Gasteiger partial charge in [0, 0.05) is 23.0 Å². The topological polar surface area (TPSA) is 55.2 Å². The molecule has 1 aliphatic rings. The van der Waals surface area contributed by atoms with E-state index in [0.717, 1.165) is 5.69 Å². The normalized spacial score (nSPS) is 23.0. The van der Waals surface area contributed by atoms with Crippen molar-refractivity contribution in [3.05, 3.63) is 31.9 Å². The zero-order valence-corrected chi connectivity index (χ0v) is 13.0. The quantitative estimate of drug-likeness (QED) is 0.491. The van der Waals surface area contributed by atoms with E-state index in [1.165, 1.54) is 19.3 Å². The van der Waals surface area contributed by atoms with E-state index < -0.39 is 0 Å². The minimum Gasteiger partial charge on any atom is -0.381 e. The lowest BCUT2D eigenvalue weighted by Gasteiger charge is -2.20. The summed E-state index contributed by atoms with van der Waals surface area (Å²) in [5.74, 6) is 0. The molecule has 0 heterocycles. The first-order valence-electron chi connectivity index (χ1n) is 5.85. The first-order valence-corrected chi connectivity index (χ1v) is 8.21. The van der Waals surface area contributed by atoms with Gasteiger partial charge in [0.1, 0.15) is 0 Å². The Morgan fingerprint density at radius 1 is 1.50 bits per heavy atom. The Bertz CT molecular complexity index is 456. The summed E-state index contributed by atoms with van der Waals surface area (Å²) in [6.45, 7) is 0. The summed E-state index contributed by atoms with van der Waals surface area (Å²) in [5, 5.41) is 14.9. The fourth-order valence-electron chi connectivity index (χ4n) is 2.33. The molecule has 0 aliphatic heterocycles. The number of benzene rings is 1. The Morgan fingerprint density at radius 2 is 2.28 bits per heavy atom. The van der Waals surface area contributed by atoms with Gasteiger partial charge in [0.15, 0.2) is 0 Å². The number of nitro groups is 1. The summed E-state index contributed by atoms with van der Waals surface area (Å²) in [5.41, 5.74) is 1.16. The van der Waals surface area contributed by atoms with Crippen molar-refractivity contribution < 1.29 is 4.92 Å². The summed E-state index contributed by atoms with van der Waals surface area (Å²) < 4.78 is 0.682. The van der Waals surface area contributed by atoms with E-state index in [1.807, 2.05) is 40.4 Å². The first-order chi connectivity index (χ1) is 8.61. The number of nitrogens with one attached hydrogen (secondary N) is 1. The Hall–Kier alpha value is -0.500. The molecule has 4 nitrogen and oxygen atoms in total. The third kappa shape index (κ3) is 3.09.